The van der Waals surface area contributed by atoms with Crippen molar-refractivity contribution in [1.29, 1.82) is 0 Å². The summed E-state index contributed by atoms with van der Waals surface area (Å²) in [6.07, 6.45) is 3.77. The van der Waals surface area contributed by atoms with Gasteiger partial charge in [-0.05, 0) is 20.3 Å². The number of hydrogen-bond acceptors (Lipinski definition) is 2. The Morgan fingerprint density at radius 1 is 1.71 bits per heavy atom. The van der Waals surface area contributed by atoms with Crippen LogP contribution >= 0.6 is 23.4 Å². The number of hydrogen-bond donors (Lipinski definition) is 0. The van der Waals surface area contributed by atoms with E-state index in [0.717, 1.165) is 27.8 Å². The van der Waals surface area contributed by atoms with Gasteiger partial charge in [-0.1, -0.05) is 42.9 Å². The average Bonchev–Trinajstić information content (AvgIpc) is 2.25. The predicted molar refractivity (Wildman–Crippen MR) is 67.1 cm³/mol. The summed E-state index contributed by atoms with van der Waals surface area (Å²) in [5.74, 6) is 0. The van der Waals surface area contributed by atoms with Crippen molar-refractivity contribution in [3.05, 3.63) is 22.6 Å². The summed E-state index contributed by atoms with van der Waals surface area (Å²) in [6.45, 7) is 10.2. The summed E-state index contributed by atoms with van der Waals surface area (Å²) in [5, 5.41) is 1.97. The van der Waals surface area contributed by atoms with E-state index >= 15 is 0 Å². The molecule has 0 aromatic carbocycles. The maximum atomic E-state index is 6.11. The molecule has 0 amide bonds. The van der Waals surface area contributed by atoms with Crippen LogP contribution < -0.4 is 0 Å². The van der Waals surface area contributed by atoms with Crippen LogP contribution in [0.1, 0.15) is 33.6 Å². The Balaban J connectivity index is 2.77. The molecule has 1 atom stereocenters. The molecule has 0 saturated carbocycles. The van der Waals surface area contributed by atoms with Gasteiger partial charge in [0.05, 0.1) is 10.6 Å². The first kappa shape index (κ1) is 11.9. The quantitative estimate of drug-likeness (QED) is 0.701. The second kappa shape index (κ2) is 4.54. The van der Waals surface area contributed by atoms with Gasteiger partial charge in [0.1, 0.15) is 0 Å². The molecule has 0 aromatic rings. The fraction of sp³-hybridized carbons (Fsp3) is 0.545. The highest BCUT2D eigenvalue weighted by Crippen LogP contribution is 2.42. The molecule has 0 fully saturated rings. The molecule has 3 heteroatoms. The van der Waals surface area contributed by atoms with Crippen LogP contribution in [0.25, 0.3) is 0 Å². The van der Waals surface area contributed by atoms with Crippen molar-refractivity contribution in [2.45, 2.75) is 39.2 Å². The van der Waals surface area contributed by atoms with E-state index in [1.807, 2.05) is 13.0 Å². The van der Waals surface area contributed by atoms with Crippen molar-refractivity contribution >= 4 is 28.4 Å². The number of nitrogens with zero attached hydrogens (tertiary/aromatic N) is 1. The molecular weight excluding hydrogens is 214 g/mol. The molecule has 0 N–H and O–H groups in total. The number of rotatable bonds is 3. The van der Waals surface area contributed by atoms with Gasteiger partial charge >= 0.3 is 0 Å². The Bertz CT molecular complexity index is 306. The van der Waals surface area contributed by atoms with Crippen molar-refractivity contribution < 1.29 is 0 Å². The predicted octanol–water partition coefficient (Wildman–Crippen LogP) is 4.35. The molecule has 0 aromatic heterocycles. The van der Waals surface area contributed by atoms with Crippen molar-refractivity contribution in [3.63, 3.8) is 0 Å². The third-order valence-corrected chi connectivity index (χ3v) is 3.58. The zero-order chi connectivity index (χ0) is 10.8. The Morgan fingerprint density at radius 2 is 2.36 bits per heavy atom. The molecule has 1 aliphatic heterocycles. The molecule has 0 unspecified atom stereocenters. The van der Waals surface area contributed by atoms with E-state index in [1.165, 1.54) is 0 Å². The van der Waals surface area contributed by atoms with Crippen molar-refractivity contribution in [1.82, 2.24) is 0 Å². The Labute approximate surface area is 95.3 Å². The van der Waals surface area contributed by atoms with E-state index in [9.17, 15) is 0 Å². The number of halogens is 1. The molecule has 0 spiro atoms. The van der Waals surface area contributed by atoms with Gasteiger partial charge < -0.3 is 0 Å². The van der Waals surface area contributed by atoms with Crippen molar-refractivity contribution in [2.24, 2.45) is 4.99 Å². The molecule has 1 heterocycles. The lowest BCUT2D eigenvalue weighted by atomic mass is 9.98. The maximum Gasteiger partial charge on any atom is 0.0942 e. The molecule has 0 saturated heterocycles. The van der Waals surface area contributed by atoms with Gasteiger partial charge in [0.15, 0.2) is 0 Å². The summed E-state index contributed by atoms with van der Waals surface area (Å²) in [6, 6.07) is 0. The van der Waals surface area contributed by atoms with E-state index in [4.69, 9.17) is 11.6 Å². The average molecular weight is 230 g/mol. The first-order valence-corrected chi connectivity index (χ1v) is 5.95. The fourth-order valence-electron chi connectivity index (χ4n) is 1.48. The maximum absolute atomic E-state index is 6.11. The molecular formula is C11H16ClNS. The topological polar surface area (TPSA) is 12.4 Å². The van der Waals surface area contributed by atoms with Gasteiger partial charge in [0, 0.05) is 16.4 Å². The van der Waals surface area contributed by atoms with E-state index in [0.29, 0.717) is 0 Å². The smallest absolute Gasteiger partial charge is 0.0942 e. The first-order valence-electron chi connectivity index (χ1n) is 4.76. The lowest BCUT2D eigenvalue weighted by Crippen LogP contribution is -2.19. The Morgan fingerprint density at radius 3 is 2.79 bits per heavy atom. The third kappa shape index (κ3) is 2.64. The lowest BCUT2D eigenvalue weighted by Gasteiger charge is -2.20. The second-order valence-corrected chi connectivity index (χ2v) is 5.44. The van der Waals surface area contributed by atoms with Crippen LogP contribution in [0.15, 0.2) is 27.6 Å². The zero-order valence-corrected chi connectivity index (χ0v) is 10.5. The lowest BCUT2D eigenvalue weighted by molar-refractivity contribution is 0.591. The minimum absolute atomic E-state index is 0.197. The largest absolute Gasteiger partial charge is 0.271 e. The molecule has 78 valence electrons. The van der Waals surface area contributed by atoms with Crippen LogP contribution in [0.5, 0.6) is 0 Å². The minimum atomic E-state index is -0.197. The van der Waals surface area contributed by atoms with E-state index in [2.05, 4.69) is 25.4 Å². The van der Waals surface area contributed by atoms with Crippen molar-refractivity contribution in [2.75, 3.05) is 0 Å². The molecule has 1 aliphatic rings. The number of aliphatic imine (C=N–C) groups is 1. The molecule has 0 aliphatic carbocycles. The summed E-state index contributed by atoms with van der Waals surface area (Å²) >= 11 is 7.76. The van der Waals surface area contributed by atoms with Crippen LogP contribution in [0, 0.1) is 0 Å². The standard InChI is InChI=1S/C11H16ClNS/c1-5-6-10(12)7-11(4)8(2)14-9(3)13-11/h6H,2,5,7H2,1,3-4H3/b10-6+/t11-/m1/s1. The van der Waals surface area contributed by atoms with Gasteiger partial charge in [-0.25, -0.2) is 0 Å². The van der Waals surface area contributed by atoms with Crippen molar-refractivity contribution in [3.8, 4) is 0 Å². The summed E-state index contributed by atoms with van der Waals surface area (Å²) in [7, 11) is 0. The van der Waals surface area contributed by atoms with E-state index in [1.54, 1.807) is 11.8 Å². The van der Waals surface area contributed by atoms with E-state index in [-0.39, 0.29) is 5.54 Å². The first-order chi connectivity index (χ1) is 6.48. The van der Waals surface area contributed by atoms with E-state index < -0.39 is 0 Å². The summed E-state index contributed by atoms with van der Waals surface area (Å²) in [4.78, 5) is 5.67. The zero-order valence-electron chi connectivity index (χ0n) is 8.93. The highest BCUT2D eigenvalue weighted by atomic mass is 35.5. The van der Waals surface area contributed by atoms with Crippen LogP contribution in [0.2, 0.25) is 0 Å². The monoisotopic (exact) mass is 229 g/mol. The normalized spacial score (nSPS) is 28.1. The third-order valence-electron chi connectivity index (χ3n) is 2.21. The SMILES string of the molecule is C=C1SC(C)=N[C@]1(C)C/C(Cl)=C\CC. The molecule has 0 bridgehead atoms. The molecule has 1 rings (SSSR count). The van der Waals surface area contributed by atoms with Gasteiger partial charge in [0.2, 0.25) is 0 Å². The van der Waals surface area contributed by atoms with Gasteiger partial charge in [-0.15, -0.1) is 0 Å². The van der Waals surface area contributed by atoms with Crippen LogP contribution in [0.3, 0.4) is 0 Å². The van der Waals surface area contributed by atoms with Crippen LogP contribution in [-0.4, -0.2) is 10.6 Å². The highest BCUT2D eigenvalue weighted by Gasteiger charge is 2.33. The molecule has 14 heavy (non-hydrogen) atoms. The number of allylic oxidation sites excluding steroid dienone is 1. The van der Waals surface area contributed by atoms with Gasteiger partial charge in [-0.2, -0.15) is 0 Å². The molecule has 1 nitrogen and oxygen atoms in total. The Kier molecular flexibility index (Phi) is 3.85. The second-order valence-electron chi connectivity index (χ2n) is 3.67. The highest BCUT2D eigenvalue weighted by molar-refractivity contribution is 8.17. The summed E-state index contributed by atoms with van der Waals surface area (Å²) in [5.41, 5.74) is -0.197. The van der Waals surface area contributed by atoms with Gasteiger partial charge in [-0.3, -0.25) is 4.99 Å². The number of thioether (sulfide) groups is 1. The summed E-state index contributed by atoms with van der Waals surface area (Å²) < 4.78 is 0. The fourth-order valence-corrected chi connectivity index (χ4v) is 2.84. The van der Waals surface area contributed by atoms with Crippen LogP contribution in [-0.2, 0) is 0 Å². The van der Waals surface area contributed by atoms with Crippen LogP contribution in [0.4, 0.5) is 0 Å². The van der Waals surface area contributed by atoms with Gasteiger partial charge in [0.25, 0.3) is 0 Å². The molecule has 0 radical (unpaired) electrons. The minimum Gasteiger partial charge on any atom is -0.271 e. The Hall–Kier alpha value is -0.210.